The Morgan fingerprint density at radius 3 is 2.77 bits per heavy atom. The summed E-state index contributed by atoms with van der Waals surface area (Å²) in [7, 11) is 1.43. The fourth-order valence-corrected chi connectivity index (χ4v) is 3.84. The van der Waals surface area contributed by atoms with Gasteiger partial charge < -0.3 is 15.2 Å². The topological polar surface area (TPSA) is 88.1 Å². The predicted octanol–water partition coefficient (Wildman–Crippen LogP) is 3.76. The molecule has 2 aromatic heterocycles. The van der Waals surface area contributed by atoms with Gasteiger partial charge in [0.05, 0.1) is 31.8 Å². The Labute approximate surface area is 175 Å². The number of nitrogens with two attached hydrogens (primary N) is 1. The van der Waals surface area contributed by atoms with E-state index < -0.39 is 5.82 Å². The fourth-order valence-electron chi connectivity index (χ4n) is 3.84. The average Bonchev–Trinajstić information content (AvgIpc) is 3.25. The molecule has 7 nitrogen and oxygen atoms in total. The van der Waals surface area contributed by atoms with Gasteiger partial charge in [-0.3, -0.25) is 0 Å². The Balaban J connectivity index is 1.45. The molecule has 4 rings (SSSR count). The number of aromatic nitrogens is 4. The van der Waals surface area contributed by atoms with Crippen LogP contribution in [0.5, 0.6) is 11.5 Å². The second-order valence-corrected chi connectivity index (χ2v) is 7.65. The number of ether oxygens (including phenoxy) is 2. The Morgan fingerprint density at radius 1 is 1.17 bits per heavy atom. The van der Waals surface area contributed by atoms with Crippen molar-refractivity contribution >= 4 is 0 Å². The van der Waals surface area contributed by atoms with Crippen molar-refractivity contribution in [2.24, 2.45) is 11.7 Å². The first-order valence-electron chi connectivity index (χ1n) is 10.2. The van der Waals surface area contributed by atoms with Crippen molar-refractivity contribution in [3.63, 3.8) is 0 Å². The number of rotatable bonds is 7. The molecule has 0 radical (unpaired) electrons. The predicted molar refractivity (Wildman–Crippen MR) is 111 cm³/mol. The molecule has 0 atom stereocenters. The molecule has 0 aliphatic heterocycles. The van der Waals surface area contributed by atoms with Gasteiger partial charge in [-0.15, -0.1) is 0 Å². The van der Waals surface area contributed by atoms with Crippen molar-refractivity contribution in [3.05, 3.63) is 48.9 Å². The Hall–Kier alpha value is -3.00. The molecule has 1 saturated carbocycles. The van der Waals surface area contributed by atoms with Crippen molar-refractivity contribution < 1.29 is 13.9 Å². The van der Waals surface area contributed by atoms with E-state index in [1.165, 1.54) is 19.5 Å². The summed E-state index contributed by atoms with van der Waals surface area (Å²) in [6, 6.07) is 5.05. The van der Waals surface area contributed by atoms with Gasteiger partial charge in [-0.05, 0) is 50.2 Å². The van der Waals surface area contributed by atoms with Gasteiger partial charge in [0, 0.05) is 23.9 Å². The monoisotopic (exact) mass is 411 g/mol. The first-order chi connectivity index (χ1) is 14.6. The van der Waals surface area contributed by atoms with E-state index in [-0.39, 0.29) is 5.75 Å². The van der Waals surface area contributed by atoms with Crippen LogP contribution in [0, 0.1) is 11.7 Å². The summed E-state index contributed by atoms with van der Waals surface area (Å²) in [5, 5.41) is 4.34. The van der Waals surface area contributed by atoms with Gasteiger partial charge in [0.15, 0.2) is 17.3 Å². The van der Waals surface area contributed by atoms with Crippen LogP contribution in [0.3, 0.4) is 0 Å². The first-order valence-corrected chi connectivity index (χ1v) is 10.2. The van der Waals surface area contributed by atoms with E-state index in [0.717, 1.165) is 37.7 Å². The molecule has 1 aliphatic rings. The zero-order chi connectivity index (χ0) is 20.9. The lowest BCUT2D eigenvalue weighted by Crippen LogP contribution is -2.27. The number of methoxy groups -OCH3 is 1. The molecule has 0 amide bonds. The second-order valence-electron chi connectivity index (χ2n) is 7.65. The van der Waals surface area contributed by atoms with Gasteiger partial charge in [-0.1, -0.05) is 0 Å². The van der Waals surface area contributed by atoms with Gasteiger partial charge in [0.25, 0.3) is 0 Å². The summed E-state index contributed by atoms with van der Waals surface area (Å²) in [5.74, 6) is 1.02. The molecule has 2 N–H and O–H groups in total. The van der Waals surface area contributed by atoms with Crippen LogP contribution in [-0.4, -0.2) is 39.5 Å². The van der Waals surface area contributed by atoms with E-state index in [4.69, 9.17) is 15.2 Å². The third kappa shape index (κ3) is 4.59. The smallest absolute Gasteiger partial charge is 0.167 e. The molecular weight excluding hydrogens is 385 g/mol. The highest BCUT2D eigenvalue weighted by Gasteiger charge is 2.19. The summed E-state index contributed by atoms with van der Waals surface area (Å²) in [4.78, 5) is 8.47. The molecule has 3 aromatic rings. The van der Waals surface area contributed by atoms with Crippen LogP contribution in [-0.2, 0) is 0 Å². The maximum absolute atomic E-state index is 14.0. The Kier molecular flexibility index (Phi) is 6.23. The van der Waals surface area contributed by atoms with Gasteiger partial charge >= 0.3 is 0 Å². The standard InChI is InChI=1S/C22H26FN5O2/c1-29-20-7-6-18(10-19(20)23)28-13-16(11-27-28)22-21(12-25-14-26-22)30-9-8-15-2-4-17(24)5-3-15/h6-7,10-15,17H,2-5,8-9,24H2,1H3/t15-,17+. The van der Waals surface area contributed by atoms with Gasteiger partial charge in [0.1, 0.15) is 12.0 Å². The number of benzene rings is 1. The highest BCUT2D eigenvalue weighted by atomic mass is 19.1. The minimum absolute atomic E-state index is 0.192. The molecule has 8 heteroatoms. The second kappa shape index (κ2) is 9.21. The van der Waals surface area contributed by atoms with Crippen LogP contribution < -0.4 is 15.2 Å². The van der Waals surface area contributed by atoms with E-state index in [1.807, 2.05) is 0 Å². The third-order valence-electron chi connectivity index (χ3n) is 5.61. The highest BCUT2D eigenvalue weighted by Crippen LogP contribution is 2.30. The quantitative estimate of drug-likeness (QED) is 0.637. The van der Waals surface area contributed by atoms with E-state index >= 15 is 0 Å². The maximum atomic E-state index is 14.0. The van der Waals surface area contributed by atoms with Crippen molar-refractivity contribution in [2.75, 3.05) is 13.7 Å². The molecule has 1 aliphatic carbocycles. The van der Waals surface area contributed by atoms with Gasteiger partial charge in [-0.25, -0.2) is 19.0 Å². The molecule has 1 fully saturated rings. The van der Waals surface area contributed by atoms with Crippen molar-refractivity contribution in [1.29, 1.82) is 0 Å². The molecule has 0 unspecified atom stereocenters. The third-order valence-corrected chi connectivity index (χ3v) is 5.61. The SMILES string of the molecule is COc1ccc(-n2cc(-c3ncncc3OCC[C@H]3CC[C@@H](N)CC3)cn2)cc1F. The zero-order valence-electron chi connectivity index (χ0n) is 17.0. The van der Waals surface area contributed by atoms with Crippen LogP contribution in [0.4, 0.5) is 4.39 Å². The fraction of sp³-hybridized carbons (Fsp3) is 0.409. The lowest BCUT2D eigenvalue weighted by atomic mass is 9.85. The summed E-state index contributed by atoms with van der Waals surface area (Å²) in [6.45, 7) is 0.609. The normalized spacial score (nSPS) is 18.9. The lowest BCUT2D eigenvalue weighted by Gasteiger charge is -2.25. The molecule has 1 aromatic carbocycles. The summed E-state index contributed by atoms with van der Waals surface area (Å²) in [6.07, 6.45) is 12.1. The largest absolute Gasteiger partial charge is 0.494 e. The van der Waals surface area contributed by atoms with Crippen LogP contribution in [0.15, 0.2) is 43.1 Å². The minimum atomic E-state index is -0.443. The summed E-state index contributed by atoms with van der Waals surface area (Å²) < 4.78 is 26.6. The Morgan fingerprint density at radius 2 is 2.00 bits per heavy atom. The van der Waals surface area contributed by atoms with Gasteiger partial charge in [-0.2, -0.15) is 5.10 Å². The molecule has 30 heavy (non-hydrogen) atoms. The lowest BCUT2D eigenvalue weighted by molar-refractivity contribution is 0.237. The van der Waals surface area contributed by atoms with E-state index in [2.05, 4.69) is 15.1 Å². The van der Waals surface area contributed by atoms with Crippen LogP contribution in [0.2, 0.25) is 0 Å². The minimum Gasteiger partial charge on any atom is -0.494 e. The highest BCUT2D eigenvalue weighted by molar-refractivity contribution is 5.64. The molecule has 0 spiro atoms. The van der Waals surface area contributed by atoms with Crippen LogP contribution >= 0.6 is 0 Å². The number of hydrogen-bond acceptors (Lipinski definition) is 6. The van der Waals surface area contributed by atoms with E-state index in [9.17, 15) is 4.39 Å². The average molecular weight is 411 g/mol. The van der Waals surface area contributed by atoms with E-state index in [0.29, 0.717) is 35.7 Å². The Bertz CT molecular complexity index is 985. The van der Waals surface area contributed by atoms with E-state index in [1.54, 1.807) is 35.4 Å². The summed E-state index contributed by atoms with van der Waals surface area (Å²) >= 11 is 0. The molecule has 0 bridgehead atoms. The number of halogens is 1. The molecular formula is C22H26FN5O2. The van der Waals surface area contributed by atoms with Crippen molar-refractivity contribution in [3.8, 4) is 28.4 Å². The molecule has 0 saturated heterocycles. The number of hydrogen-bond donors (Lipinski definition) is 1. The van der Waals surface area contributed by atoms with Crippen LogP contribution in [0.1, 0.15) is 32.1 Å². The number of nitrogens with zero attached hydrogens (tertiary/aromatic N) is 4. The summed E-state index contributed by atoms with van der Waals surface area (Å²) in [5.41, 5.74) is 8.01. The first kappa shape index (κ1) is 20.3. The molecule has 158 valence electrons. The molecule has 2 heterocycles. The van der Waals surface area contributed by atoms with Gasteiger partial charge in [0.2, 0.25) is 0 Å². The van der Waals surface area contributed by atoms with Crippen LogP contribution in [0.25, 0.3) is 16.9 Å². The maximum Gasteiger partial charge on any atom is 0.167 e. The van der Waals surface area contributed by atoms with Crippen molar-refractivity contribution in [1.82, 2.24) is 19.7 Å². The van der Waals surface area contributed by atoms with Crippen molar-refractivity contribution in [2.45, 2.75) is 38.1 Å². The zero-order valence-corrected chi connectivity index (χ0v) is 17.0.